The van der Waals surface area contributed by atoms with Crippen LogP contribution in [-0.4, -0.2) is 26.9 Å². The first-order valence-corrected chi connectivity index (χ1v) is 8.85. The van der Waals surface area contributed by atoms with Gasteiger partial charge in [0.15, 0.2) is 0 Å². The van der Waals surface area contributed by atoms with E-state index in [-0.39, 0.29) is 23.6 Å². The van der Waals surface area contributed by atoms with Gasteiger partial charge in [0.05, 0.1) is 6.33 Å². The van der Waals surface area contributed by atoms with E-state index < -0.39 is 0 Å². The topological polar surface area (TPSA) is 68.3 Å². The first kappa shape index (κ1) is 17.0. The Morgan fingerprint density at radius 1 is 1.11 bits per heavy atom. The molecule has 0 spiro atoms. The number of furan rings is 1. The van der Waals surface area contributed by atoms with E-state index in [1.54, 1.807) is 11.0 Å². The molecule has 2 heterocycles. The second kappa shape index (κ2) is 7.07. The van der Waals surface area contributed by atoms with Gasteiger partial charge in [-0.2, -0.15) is 0 Å². The van der Waals surface area contributed by atoms with Gasteiger partial charge in [-0.25, -0.2) is 4.98 Å². The molecule has 0 bridgehead atoms. The lowest BCUT2D eigenvalue weighted by molar-refractivity contribution is -0.132. The van der Waals surface area contributed by atoms with Crippen molar-refractivity contribution in [2.75, 3.05) is 6.54 Å². The molecule has 0 aliphatic carbocycles. The summed E-state index contributed by atoms with van der Waals surface area (Å²) >= 11 is 0. The fourth-order valence-electron chi connectivity index (χ4n) is 3.15. The lowest BCUT2D eigenvalue weighted by Gasteiger charge is -2.21. The number of para-hydroxylation sites is 1. The van der Waals surface area contributed by atoms with Crippen LogP contribution in [0.5, 0.6) is 0 Å². The summed E-state index contributed by atoms with van der Waals surface area (Å²) in [5.74, 6) is -0.138. The van der Waals surface area contributed by atoms with Gasteiger partial charge in [0.2, 0.25) is 11.5 Å². The van der Waals surface area contributed by atoms with E-state index in [2.05, 4.69) is 4.98 Å². The minimum Gasteiger partial charge on any atom is -0.448 e. The van der Waals surface area contributed by atoms with E-state index in [1.165, 1.54) is 10.9 Å². The zero-order valence-electron chi connectivity index (χ0n) is 15.0. The molecule has 0 aliphatic rings. The Kier molecular flexibility index (Phi) is 4.46. The van der Waals surface area contributed by atoms with Crippen LogP contribution in [0.1, 0.15) is 12.5 Å². The summed E-state index contributed by atoms with van der Waals surface area (Å²) in [6.45, 7) is 2.91. The molecule has 6 heteroatoms. The number of aromatic nitrogens is 2. The van der Waals surface area contributed by atoms with Gasteiger partial charge in [-0.15, -0.1) is 0 Å². The van der Waals surface area contributed by atoms with Crippen molar-refractivity contribution in [1.82, 2.24) is 14.5 Å². The van der Waals surface area contributed by atoms with Crippen molar-refractivity contribution in [3.8, 4) is 0 Å². The molecule has 0 atom stereocenters. The van der Waals surface area contributed by atoms with E-state index in [9.17, 15) is 9.59 Å². The highest BCUT2D eigenvalue weighted by Crippen LogP contribution is 2.24. The van der Waals surface area contributed by atoms with Crippen LogP contribution in [0.3, 0.4) is 0 Å². The lowest BCUT2D eigenvalue weighted by Crippen LogP contribution is -2.36. The summed E-state index contributed by atoms with van der Waals surface area (Å²) in [5, 5.41) is 0.794. The number of hydrogen-bond acceptors (Lipinski definition) is 4. The Morgan fingerprint density at radius 2 is 1.85 bits per heavy atom. The quantitative estimate of drug-likeness (QED) is 0.547. The summed E-state index contributed by atoms with van der Waals surface area (Å²) in [5.41, 5.74) is 2.01. The molecule has 2 aromatic heterocycles. The van der Waals surface area contributed by atoms with Gasteiger partial charge >= 0.3 is 0 Å². The normalized spacial score (nSPS) is 11.1. The van der Waals surface area contributed by atoms with Crippen LogP contribution in [-0.2, 0) is 17.9 Å². The first-order valence-electron chi connectivity index (χ1n) is 8.85. The highest BCUT2D eigenvalue weighted by Gasteiger charge is 2.17. The third kappa shape index (κ3) is 3.21. The molecule has 0 saturated carbocycles. The maximum Gasteiger partial charge on any atom is 0.297 e. The fourth-order valence-corrected chi connectivity index (χ4v) is 3.15. The van der Waals surface area contributed by atoms with Crippen LogP contribution in [0.15, 0.2) is 70.1 Å². The average molecular weight is 361 g/mol. The predicted molar refractivity (Wildman–Crippen MR) is 103 cm³/mol. The van der Waals surface area contributed by atoms with Gasteiger partial charge in [-0.1, -0.05) is 42.5 Å². The number of amides is 1. The molecule has 0 unspecified atom stereocenters. The summed E-state index contributed by atoms with van der Waals surface area (Å²) in [4.78, 5) is 31.5. The molecule has 6 nitrogen and oxygen atoms in total. The number of hydrogen-bond donors (Lipinski definition) is 0. The van der Waals surface area contributed by atoms with Crippen molar-refractivity contribution in [2.24, 2.45) is 0 Å². The number of fused-ring (bicyclic) bond motifs is 3. The predicted octanol–water partition coefficient (Wildman–Crippen LogP) is 3.19. The Hall–Kier alpha value is -3.41. The van der Waals surface area contributed by atoms with Crippen LogP contribution in [0.25, 0.3) is 22.1 Å². The number of carbonyl (C=O) groups excluding carboxylic acids is 1. The van der Waals surface area contributed by atoms with Crippen molar-refractivity contribution in [3.63, 3.8) is 0 Å². The van der Waals surface area contributed by atoms with Crippen LogP contribution >= 0.6 is 0 Å². The number of benzene rings is 2. The van der Waals surface area contributed by atoms with Crippen LogP contribution in [0.4, 0.5) is 0 Å². The largest absolute Gasteiger partial charge is 0.448 e. The SMILES string of the molecule is CCN(Cc1ccccc1)C(=O)Cn1cnc2c(oc3ccccc32)c1=O. The average Bonchev–Trinajstić information content (AvgIpc) is 3.08. The number of carbonyl (C=O) groups is 1. The number of rotatable bonds is 5. The maximum atomic E-state index is 12.8. The molecule has 0 saturated heterocycles. The van der Waals surface area contributed by atoms with Crippen LogP contribution < -0.4 is 5.56 Å². The molecule has 136 valence electrons. The Morgan fingerprint density at radius 3 is 2.63 bits per heavy atom. The van der Waals surface area contributed by atoms with Gasteiger partial charge in [0, 0.05) is 18.5 Å². The van der Waals surface area contributed by atoms with Gasteiger partial charge in [-0.3, -0.25) is 14.2 Å². The van der Waals surface area contributed by atoms with Crippen molar-refractivity contribution in [1.29, 1.82) is 0 Å². The molecule has 1 amide bonds. The van der Waals surface area contributed by atoms with E-state index in [0.29, 0.717) is 24.2 Å². The molecule has 0 fully saturated rings. The monoisotopic (exact) mass is 361 g/mol. The summed E-state index contributed by atoms with van der Waals surface area (Å²) < 4.78 is 6.97. The van der Waals surface area contributed by atoms with E-state index in [0.717, 1.165) is 10.9 Å². The minimum atomic E-state index is -0.347. The molecule has 0 radical (unpaired) electrons. The second-order valence-electron chi connectivity index (χ2n) is 6.35. The zero-order chi connectivity index (χ0) is 18.8. The molecular formula is C21H19N3O3. The van der Waals surface area contributed by atoms with Crippen molar-refractivity contribution in [3.05, 3.63) is 76.8 Å². The van der Waals surface area contributed by atoms with Crippen molar-refractivity contribution < 1.29 is 9.21 Å². The highest BCUT2D eigenvalue weighted by atomic mass is 16.3. The first-order chi connectivity index (χ1) is 13.2. The van der Waals surface area contributed by atoms with Gasteiger partial charge < -0.3 is 9.32 Å². The van der Waals surface area contributed by atoms with Crippen LogP contribution in [0, 0.1) is 0 Å². The summed E-state index contributed by atoms with van der Waals surface area (Å²) in [7, 11) is 0. The molecule has 0 N–H and O–H groups in total. The third-order valence-electron chi connectivity index (χ3n) is 4.61. The van der Waals surface area contributed by atoms with Gasteiger partial charge in [0.1, 0.15) is 17.6 Å². The minimum absolute atomic E-state index is 0.0699. The Bertz CT molecular complexity index is 1160. The molecule has 4 rings (SSSR count). The smallest absolute Gasteiger partial charge is 0.297 e. The number of nitrogens with zero attached hydrogens (tertiary/aromatic N) is 3. The third-order valence-corrected chi connectivity index (χ3v) is 4.61. The van der Waals surface area contributed by atoms with E-state index in [4.69, 9.17) is 4.42 Å². The molecule has 4 aromatic rings. The number of likely N-dealkylation sites (N-methyl/N-ethyl adjacent to an activating group) is 1. The van der Waals surface area contributed by atoms with E-state index >= 15 is 0 Å². The van der Waals surface area contributed by atoms with Gasteiger partial charge in [-0.05, 0) is 24.6 Å². The van der Waals surface area contributed by atoms with Gasteiger partial charge in [0.25, 0.3) is 5.56 Å². The molecule has 2 aromatic carbocycles. The fraction of sp³-hybridized carbons (Fsp3) is 0.190. The van der Waals surface area contributed by atoms with Crippen LogP contribution in [0.2, 0.25) is 0 Å². The van der Waals surface area contributed by atoms with Crippen molar-refractivity contribution >= 4 is 28.0 Å². The maximum absolute atomic E-state index is 12.8. The second-order valence-corrected chi connectivity index (χ2v) is 6.35. The Labute approximate surface area is 155 Å². The lowest BCUT2D eigenvalue weighted by atomic mass is 10.2. The van der Waals surface area contributed by atoms with Crippen molar-refractivity contribution in [2.45, 2.75) is 20.0 Å². The molecular weight excluding hydrogens is 342 g/mol. The summed E-state index contributed by atoms with van der Waals surface area (Å²) in [6, 6.07) is 17.2. The standard InChI is InChI=1S/C21H19N3O3/c1-2-23(12-15-8-4-3-5-9-15)18(25)13-24-14-22-19-16-10-6-7-11-17(16)27-20(19)21(24)26/h3-11,14H,2,12-13H2,1H3. The Balaban J connectivity index is 1.62. The molecule has 0 aliphatic heterocycles. The molecule has 27 heavy (non-hydrogen) atoms. The zero-order valence-corrected chi connectivity index (χ0v) is 15.0. The van der Waals surface area contributed by atoms with E-state index in [1.807, 2.05) is 55.5 Å². The summed E-state index contributed by atoms with van der Waals surface area (Å²) in [6.07, 6.45) is 1.42. The highest BCUT2D eigenvalue weighted by molar-refractivity contribution is 6.01.